The number of benzene rings is 1. The molecule has 1 N–H and O–H groups in total. The molecule has 128 valence electrons. The molecule has 0 spiro atoms. The molecule has 1 fully saturated rings. The Balaban J connectivity index is 1.53. The van der Waals surface area contributed by atoms with Gasteiger partial charge in [-0.15, -0.1) is 0 Å². The predicted octanol–water partition coefficient (Wildman–Crippen LogP) is 3.56. The van der Waals surface area contributed by atoms with Crippen LogP contribution in [0.1, 0.15) is 41.5 Å². The molecule has 1 aromatic carbocycles. The molecule has 0 aliphatic carbocycles. The van der Waals surface area contributed by atoms with Crippen LogP contribution in [0.25, 0.3) is 10.9 Å². The maximum Gasteiger partial charge on any atom is 0.254 e. The molecule has 4 rings (SSSR count). The van der Waals surface area contributed by atoms with Crippen LogP contribution in [0.15, 0.2) is 59.3 Å². The average Bonchev–Trinajstić information content (AvgIpc) is 3.32. The number of rotatable bonds is 4. The Kier molecular flexibility index (Phi) is 4.24. The lowest BCUT2D eigenvalue weighted by molar-refractivity contribution is 0.0641. The Labute approximate surface area is 145 Å². The van der Waals surface area contributed by atoms with E-state index in [1.54, 1.807) is 24.6 Å². The van der Waals surface area contributed by atoms with Crippen molar-refractivity contribution in [3.05, 3.63) is 66.2 Å². The van der Waals surface area contributed by atoms with Gasteiger partial charge in [0.2, 0.25) is 0 Å². The van der Waals surface area contributed by atoms with E-state index >= 15 is 0 Å². The molecule has 3 heterocycles. The van der Waals surface area contributed by atoms with Gasteiger partial charge in [-0.3, -0.25) is 9.78 Å². The van der Waals surface area contributed by atoms with Crippen LogP contribution in [0.5, 0.6) is 0 Å². The normalized spacial score (nSPS) is 18.6. The van der Waals surface area contributed by atoms with Crippen LogP contribution in [-0.2, 0) is 0 Å². The molecular formula is C20H20N2O3. The van der Waals surface area contributed by atoms with Crippen molar-refractivity contribution < 1.29 is 14.3 Å². The fourth-order valence-electron chi connectivity index (χ4n) is 3.58. The minimum atomic E-state index is -0.686. The number of hydrogen-bond acceptors (Lipinski definition) is 4. The molecule has 2 atom stereocenters. The van der Waals surface area contributed by atoms with Crippen LogP contribution in [0, 0.1) is 0 Å². The van der Waals surface area contributed by atoms with Crippen LogP contribution in [-0.4, -0.2) is 33.5 Å². The van der Waals surface area contributed by atoms with E-state index in [1.165, 1.54) is 0 Å². The fourth-order valence-corrected chi connectivity index (χ4v) is 3.58. The molecule has 5 heteroatoms. The summed E-state index contributed by atoms with van der Waals surface area (Å²) >= 11 is 0. The van der Waals surface area contributed by atoms with Crippen LogP contribution >= 0.6 is 0 Å². The van der Waals surface area contributed by atoms with Gasteiger partial charge in [0.05, 0.1) is 11.8 Å². The number of aliphatic hydroxyl groups excluding tert-OH is 1. The molecule has 25 heavy (non-hydrogen) atoms. The molecule has 5 nitrogen and oxygen atoms in total. The first-order chi connectivity index (χ1) is 12.2. The number of furan rings is 1. The monoisotopic (exact) mass is 336 g/mol. The van der Waals surface area contributed by atoms with Gasteiger partial charge in [0.25, 0.3) is 5.91 Å². The Bertz CT molecular complexity index is 876. The molecule has 1 aliphatic rings. The smallest absolute Gasteiger partial charge is 0.254 e. The molecule has 0 radical (unpaired) electrons. The van der Waals surface area contributed by atoms with E-state index < -0.39 is 6.10 Å². The summed E-state index contributed by atoms with van der Waals surface area (Å²) in [4.78, 5) is 19.1. The Morgan fingerprint density at radius 3 is 3.08 bits per heavy atom. The van der Waals surface area contributed by atoms with Crippen LogP contribution in [0.3, 0.4) is 0 Å². The highest BCUT2D eigenvalue weighted by molar-refractivity contribution is 5.98. The van der Waals surface area contributed by atoms with E-state index in [4.69, 9.17) is 4.42 Å². The predicted molar refractivity (Wildman–Crippen MR) is 94.1 cm³/mol. The second-order valence-corrected chi connectivity index (χ2v) is 6.47. The van der Waals surface area contributed by atoms with E-state index in [2.05, 4.69) is 4.98 Å². The first kappa shape index (κ1) is 15.8. The molecule has 0 bridgehead atoms. The maximum atomic E-state index is 13.0. The zero-order valence-corrected chi connectivity index (χ0v) is 13.8. The number of hydrogen-bond donors (Lipinski definition) is 1. The zero-order chi connectivity index (χ0) is 17.2. The standard InChI is InChI=1S/C20H20N2O3/c23-18(19-6-3-11-25-19)13-16-5-2-10-22(16)20(24)15-7-8-17-14(12-15)4-1-9-21-17/h1,3-4,6-9,11-12,16,18,23H,2,5,10,13H2. The quantitative estimate of drug-likeness (QED) is 0.791. The lowest BCUT2D eigenvalue weighted by Gasteiger charge is -2.26. The summed E-state index contributed by atoms with van der Waals surface area (Å²) in [6.07, 6.45) is 4.97. The Hall–Kier alpha value is -2.66. The molecule has 1 amide bonds. The van der Waals surface area contributed by atoms with Gasteiger partial charge in [0, 0.05) is 36.2 Å². The summed E-state index contributed by atoms with van der Waals surface area (Å²) in [5.41, 5.74) is 1.55. The summed E-state index contributed by atoms with van der Waals surface area (Å²) in [6.45, 7) is 0.722. The van der Waals surface area contributed by atoms with Crippen LogP contribution in [0.2, 0.25) is 0 Å². The number of aromatic nitrogens is 1. The van der Waals surface area contributed by atoms with Gasteiger partial charge in [0.15, 0.2) is 0 Å². The lowest BCUT2D eigenvalue weighted by atomic mass is 10.0. The summed E-state index contributed by atoms with van der Waals surface area (Å²) in [6, 6.07) is 13.0. The highest BCUT2D eigenvalue weighted by atomic mass is 16.4. The molecule has 2 unspecified atom stereocenters. The van der Waals surface area contributed by atoms with E-state index in [1.807, 2.05) is 35.2 Å². The molecule has 0 saturated carbocycles. The third kappa shape index (κ3) is 3.15. The fraction of sp³-hybridized carbons (Fsp3) is 0.300. The zero-order valence-electron chi connectivity index (χ0n) is 13.8. The first-order valence-electron chi connectivity index (χ1n) is 8.59. The van der Waals surface area contributed by atoms with E-state index in [-0.39, 0.29) is 11.9 Å². The molecular weight excluding hydrogens is 316 g/mol. The van der Waals surface area contributed by atoms with Gasteiger partial charge in [-0.2, -0.15) is 0 Å². The number of amides is 1. The highest BCUT2D eigenvalue weighted by Crippen LogP contribution is 2.29. The average molecular weight is 336 g/mol. The van der Waals surface area contributed by atoms with Gasteiger partial charge >= 0.3 is 0 Å². The number of carbonyl (C=O) groups is 1. The van der Waals surface area contributed by atoms with Crippen molar-refractivity contribution in [1.29, 1.82) is 0 Å². The molecule has 2 aromatic heterocycles. The first-order valence-corrected chi connectivity index (χ1v) is 8.59. The Morgan fingerprint density at radius 2 is 2.24 bits per heavy atom. The number of nitrogens with zero attached hydrogens (tertiary/aromatic N) is 2. The van der Waals surface area contributed by atoms with Crippen molar-refractivity contribution in [3.63, 3.8) is 0 Å². The maximum absolute atomic E-state index is 13.0. The number of aliphatic hydroxyl groups is 1. The SMILES string of the molecule is O=C(c1ccc2ncccc2c1)N1CCCC1CC(O)c1ccco1. The summed E-state index contributed by atoms with van der Waals surface area (Å²) in [5.74, 6) is 0.566. The van der Waals surface area contributed by atoms with Crippen molar-refractivity contribution in [1.82, 2.24) is 9.88 Å². The molecule has 1 saturated heterocycles. The molecule has 3 aromatic rings. The van der Waals surface area contributed by atoms with Crippen molar-refractivity contribution in [2.24, 2.45) is 0 Å². The largest absolute Gasteiger partial charge is 0.467 e. The number of carbonyl (C=O) groups excluding carboxylic acids is 1. The van der Waals surface area contributed by atoms with Gasteiger partial charge in [-0.1, -0.05) is 6.07 Å². The van der Waals surface area contributed by atoms with Gasteiger partial charge in [-0.25, -0.2) is 0 Å². The minimum Gasteiger partial charge on any atom is -0.467 e. The number of likely N-dealkylation sites (tertiary alicyclic amines) is 1. The highest BCUT2D eigenvalue weighted by Gasteiger charge is 2.31. The van der Waals surface area contributed by atoms with E-state index in [0.29, 0.717) is 17.7 Å². The van der Waals surface area contributed by atoms with Gasteiger partial charge in [0.1, 0.15) is 11.9 Å². The topological polar surface area (TPSA) is 66.6 Å². The third-order valence-corrected chi connectivity index (χ3v) is 4.85. The van der Waals surface area contributed by atoms with Gasteiger partial charge < -0.3 is 14.4 Å². The second kappa shape index (κ2) is 6.69. The number of fused-ring (bicyclic) bond motifs is 1. The van der Waals surface area contributed by atoms with E-state index in [0.717, 1.165) is 30.3 Å². The summed E-state index contributed by atoms with van der Waals surface area (Å²) < 4.78 is 5.27. The summed E-state index contributed by atoms with van der Waals surface area (Å²) in [5, 5.41) is 11.3. The van der Waals surface area contributed by atoms with Crippen molar-refractivity contribution in [3.8, 4) is 0 Å². The minimum absolute atomic E-state index is 0.0138. The van der Waals surface area contributed by atoms with Crippen molar-refractivity contribution >= 4 is 16.8 Å². The lowest BCUT2D eigenvalue weighted by Crippen LogP contribution is -2.36. The van der Waals surface area contributed by atoms with Crippen molar-refractivity contribution in [2.45, 2.75) is 31.4 Å². The Morgan fingerprint density at radius 1 is 1.32 bits per heavy atom. The summed E-state index contributed by atoms with van der Waals surface area (Å²) in [7, 11) is 0. The van der Waals surface area contributed by atoms with Gasteiger partial charge in [-0.05, 0) is 49.2 Å². The molecule has 1 aliphatic heterocycles. The van der Waals surface area contributed by atoms with E-state index in [9.17, 15) is 9.90 Å². The van der Waals surface area contributed by atoms with Crippen molar-refractivity contribution in [2.75, 3.05) is 6.54 Å². The number of pyridine rings is 1. The second-order valence-electron chi connectivity index (χ2n) is 6.47. The van der Waals surface area contributed by atoms with Crippen LogP contribution < -0.4 is 0 Å². The third-order valence-electron chi connectivity index (χ3n) is 4.85. The van der Waals surface area contributed by atoms with Crippen LogP contribution in [0.4, 0.5) is 0 Å².